The first-order valence-electron chi connectivity index (χ1n) is 8.21. The van der Waals surface area contributed by atoms with Gasteiger partial charge < -0.3 is 15.4 Å². The van der Waals surface area contributed by atoms with E-state index in [4.69, 9.17) is 16.3 Å². The lowest BCUT2D eigenvalue weighted by Gasteiger charge is -2.10. The molecule has 2 N–H and O–H groups in total. The standard InChI is InChI=1S/C17H20ClN3O3S/c1-10-12(18)5-2-6-13(10)20-15(22)8-14-16(23)21-17(25-14)19-9-11-4-3-7-24-11/h2,5-6,11,14H,3-4,7-9H2,1H3,(H,20,22)(H,19,21,23)/t11-,14+/m0/s1. The molecule has 2 saturated heterocycles. The number of nitrogens with one attached hydrogen (secondary N) is 2. The maximum atomic E-state index is 12.2. The summed E-state index contributed by atoms with van der Waals surface area (Å²) in [5.74, 6) is -0.410. The van der Waals surface area contributed by atoms with E-state index in [0.717, 1.165) is 25.0 Å². The Morgan fingerprint density at radius 3 is 3.12 bits per heavy atom. The van der Waals surface area contributed by atoms with Crippen LogP contribution in [0.5, 0.6) is 0 Å². The van der Waals surface area contributed by atoms with Gasteiger partial charge in [0.15, 0.2) is 5.17 Å². The van der Waals surface area contributed by atoms with E-state index in [2.05, 4.69) is 15.6 Å². The number of nitrogens with zero attached hydrogens (tertiary/aromatic N) is 1. The predicted octanol–water partition coefficient (Wildman–Crippen LogP) is 2.74. The van der Waals surface area contributed by atoms with Crippen molar-refractivity contribution >= 4 is 46.0 Å². The van der Waals surface area contributed by atoms with Gasteiger partial charge in [-0.25, -0.2) is 0 Å². The van der Waals surface area contributed by atoms with Crippen LogP contribution in [0.3, 0.4) is 0 Å². The third kappa shape index (κ3) is 4.74. The molecule has 6 nitrogen and oxygen atoms in total. The number of hydrogen-bond donors (Lipinski definition) is 2. The molecule has 0 aromatic heterocycles. The Hall–Kier alpha value is -1.57. The minimum absolute atomic E-state index is 0.0847. The van der Waals surface area contributed by atoms with E-state index < -0.39 is 5.25 Å². The van der Waals surface area contributed by atoms with Crippen molar-refractivity contribution in [1.82, 2.24) is 5.32 Å². The first-order chi connectivity index (χ1) is 12.0. The van der Waals surface area contributed by atoms with Crippen LogP contribution in [0.4, 0.5) is 5.69 Å². The van der Waals surface area contributed by atoms with E-state index in [9.17, 15) is 9.59 Å². The zero-order valence-electron chi connectivity index (χ0n) is 13.9. The summed E-state index contributed by atoms with van der Waals surface area (Å²) >= 11 is 7.35. The largest absolute Gasteiger partial charge is 0.376 e. The summed E-state index contributed by atoms with van der Waals surface area (Å²) in [5, 5.41) is 6.24. The van der Waals surface area contributed by atoms with Crippen LogP contribution in [0.1, 0.15) is 24.8 Å². The van der Waals surface area contributed by atoms with E-state index in [1.165, 1.54) is 11.8 Å². The molecule has 25 heavy (non-hydrogen) atoms. The molecule has 2 heterocycles. The highest BCUT2D eigenvalue weighted by atomic mass is 35.5. The van der Waals surface area contributed by atoms with E-state index in [1.54, 1.807) is 18.2 Å². The lowest BCUT2D eigenvalue weighted by Crippen LogP contribution is -2.28. The smallest absolute Gasteiger partial charge is 0.240 e. The van der Waals surface area contributed by atoms with Crippen LogP contribution in [0.2, 0.25) is 5.02 Å². The van der Waals surface area contributed by atoms with Crippen LogP contribution < -0.4 is 10.6 Å². The maximum absolute atomic E-state index is 12.2. The molecule has 2 amide bonds. The number of amides is 2. The van der Waals surface area contributed by atoms with Gasteiger partial charge in [0.05, 0.1) is 12.6 Å². The number of amidine groups is 1. The van der Waals surface area contributed by atoms with Gasteiger partial charge in [-0.3, -0.25) is 14.6 Å². The molecule has 0 radical (unpaired) electrons. The topological polar surface area (TPSA) is 79.8 Å². The molecular weight excluding hydrogens is 362 g/mol. The second-order valence-electron chi connectivity index (χ2n) is 6.04. The van der Waals surface area contributed by atoms with Crippen LogP contribution in [0.15, 0.2) is 23.2 Å². The maximum Gasteiger partial charge on any atom is 0.240 e. The summed E-state index contributed by atoms with van der Waals surface area (Å²) in [4.78, 5) is 28.7. The number of carbonyl (C=O) groups is 2. The van der Waals surface area contributed by atoms with Gasteiger partial charge >= 0.3 is 0 Å². The summed E-state index contributed by atoms with van der Waals surface area (Å²) in [7, 11) is 0. The molecule has 134 valence electrons. The van der Waals surface area contributed by atoms with E-state index in [-0.39, 0.29) is 24.3 Å². The number of aliphatic imine (C=N–C) groups is 1. The quantitative estimate of drug-likeness (QED) is 0.821. The van der Waals surface area contributed by atoms with Gasteiger partial charge in [-0.15, -0.1) is 0 Å². The molecular formula is C17H20ClN3O3S. The Morgan fingerprint density at radius 1 is 1.52 bits per heavy atom. The average Bonchev–Trinajstić information content (AvgIpc) is 3.20. The summed E-state index contributed by atoms with van der Waals surface area (Å²) in [5.41, 5.74) is 1.47. The van der Waals surface area contributed by atoms with Gasteiger partial charge in [0.1, 0.15) is 5.25 Å². The molecule has 1 aromatic rings. The molecule has 2 aliphatic heterocycles. The van der Waals surface area contributed by atoms with Crippen LogP contribution in [0.25, 0.3) is 0 Å². The number of anilines is 1. The van der Waals surface area contributed by atoms with Crippen molar-refractivity contribution < 1.29 is 14.3 Å². The van der Waals surface area contributed by atoms with Crippen molar-refractivity contribution in [2.24, 2.45) is 4.99 Å². The number of carbonyl (C=O) groups excluding carboxylic acids is 2. The van der Waals surface area contributed by atoms with Crippen molar-refractivity contribution in [3.63, 3.8) is 0 Å². The van der Waals surface area contributed by atoms with E-state index in [1.807, 2.05) is 6.92 Å². The molecule has 8 heteroatoms. The minimum Gasteiger partial charge on any atom is -0.376 e. The second-order valence-corrected chi connectivity index (χ2v) is 7.64. The Labute approximate surface area is 155 Å². The molecule has 3 rings (SSSR count). The summed E-state index contributed by atoms with van der Waals surface area (Å²) < 4.78 is 5.51. The van der Waals surface area contributed by atoms with Crippen molar-refractivity contribution in [3.8, 4) is 0 Å². The normalized spacial score (nSPS) is 24.6. The fraction of sp³-hybridized carbons (Fsp3) is 0.471. The zero-order chi connectivity index (χ0) is 17.8. The molecule has 0 spiro atoms. The second kappa shape index (κ2) is 8.21. The highest BCUT2D eigenvalue weighted by molar-refractivity contribution is 8.15. The van der Waals surface area contributed by atoms with Crippen molar-refractivity contribution in [3.05, 3.63) is 28.8 Å². The van der Waals surface area contributed by atoms with Gasteiger partial charge in [-0.1, -0.05) is 29.4 Å². The number of ether oxygens (including phenoxy) is 1. The highest BCUT2D eigenvalue weighted by Gasteiger charge is 2.32. The Bertz CT molecular complexity index is 704. The molecule has 0 saturated carbocycles. The highest BCUT2D eigenvalue weighted by Crippen LogP contribution is 2.26. The average molecular weight is 382 g/mol. The summed E-state index contributed by atoms with van der Waals surface area (Å²) in [6.07, 6.45) is 2.28. The monoisotopic (exact) mass is 381 g/mol. The number of benzene rings is 1. The fourth-order valence-electron chi connectivity index (χ4n) is 2.70. The molecule has 2 atom stereocenters. The van der Waals surface area contributed by atoms with E-state index >= 15 is 0 Å². The van der Waals surface area contributed by atoms with Crippen molar-refractivity contribution in [2.75, 3.05) is 18.5 Å². The first kappa shape index (κ1) is 18.2. The van der Waals surface area contributed by atoms with Crippen LogP contribution in [0, 0.1) is 6.92 Å². The molecule has 1 aromatic carbocycles. The fourth-order valence-corrected chi connectivity index (χ4v) is 3.85. The molecule has 0 aliphatic carbocycles. The van der Waals surface area contributed by atoms with Gasteiger partial charge in [-0.2, -0.15) is 0 Å². The van der Waals surface area contributed by atoms with Crippen LogP contribution in [-0.2, 0) is 14.3 Å². The Morgan fingerprint density at radius 2 is 2.36 bits per heavy atom. The van der Waals surface area contributed by atoms with Gasteiger partial charge in [0.2, 0.25) is 11.8 Å². The minimum atomic E-state index is -0.470. The van der Waals surface area contributed by atoms with Crippen LogP contribution >= 0.6 is 23.4 Å². The van der Waals surface area contributed by atoms with E-state index in [0.29, 0.717) is 22.4 Å². The van der Waals surface area contributed by atoms with Gasteiger partial charge in [-0.05, 0) is 37.5 Å². The lowest BCUT2D eigenvalue weighted by atomic mass is 10.2. The number of rotatable bonds is 5. The molecule has 0 unspecified atom stereocenters. The number of halogens is 1. The first-order valence-corrected chi connectivity index (χ1v) is 9.47. The van der Waals surface area contributed by atoms with Crippen LogP contribution in [-0.4, -0.2) is 41.5 Å². The number of hydrogen-bond acceptors (Lipinski definition) is 5. The third-order valence-corrected chi connectivity index (χ3v) is 5.68. The molecule has 2 fully saturated rings. The van der Waals surface area contributed by atoms with Crippen molar-refractivity contribution in [1.29, 1.82) is 0 Å². The molecule has 0 bridgehead atoms. The lowest BCUT2D eigenvalue weighted by molar-refractivity contribution is -0.122. The van der Waals surface area contributed by atoms with Gasteiger partial charge in [0.25, 0.3) is 0 Å². The summed E-state index contributed by atoms with van der Waals surface area (Å²) in [6.45, 7) is 3.16. The van der Waals surface area contributed by atoms with Crippen molar-refractivity contribution in [2.45, 2.75) is 37.5 Å². The van der Waals surface area contributed by atoms with Gasteiger partial charge in [0, 0.05) is 23.7 Å². The predicted molar refractivity (Wildman–Crippen MR) is 100 cm³/mol. The SMILES string of the molecule is Cc1c(Cl)cccc1NC(=O)C[C@H]1SC(=NC[C@@H]2CCCO2)NC1=O. The number of thioether (sulfide) groups is 1. The Balaban J connectivity index is 1.53. The Kier molecular flexibility index (Phi) is 5.98. The zero-order valence-corrected chi connectivity index (χ0v) is 15.5. The molecule has 2 aliphatic rings. The summed E-state index contributed by atoms with van der Waals surface area (Å²) in [6, 6.07) is 5.33. The third-order valence-electron chi connectivity index (χ3n) is 4.15.